The summed E-state index contributed by atoms with van der Waals surface area (Å²) in [6, 6.07) is 9.31. The van der Waals surface area contributed by atoms with E-state index in [4.69, 9.17) is 15.6 Å². The van der Waals surface area contributed by atoms with Gasteiger partial charge in [-0.2, -0.15) is 10.5 Å². The summed E-state index contributed by atoms with van der Waals surface area (Å²) in [5.41, 5.74) is 1.46. The molecule has 0 unspecified atom stereocenters. The molecule has 0 radical (unpaired) electrons. The van der Waals surface area contributed by atoms with E-state index in [0.717, 1.165) is 12.8 Å². The van der Waals surface area contributed by atoms with Crippen LogP contribution in [0.15, 0.2) is 18.2 Å². The van der Waals surface area contributed by atoms with Crippen LogP contribution in [0.25, 0.3) is 0 Å². The number of rotatable bonds is 3. The smallest absolute Gasteiger partial charge is 0.306 e. The molecule has 1 aliphatic rings. The molecule has 0 aromatic heterocycles. The molecule has 0 amide bonds. The number of nitrogens with one attached hydrogen (secondary N) is 1. The third-order valence-electron chi connectivity index (χ3n) is 3.73. The average molecular weight is 269 g/mol. The van der Waals surface area contributed by atoms with Crippen molar-refractivity contribution in [1.82, 2.24) is 0 Å². The van der Waals surface area contributed by atoms with Crippen LogP contribution >= 0.6 is 0 Å². The Labute approximate surface area is 117 Å². The van der Waals surface area contributed by atoms with Crippen molar-refractivity contribution in [2.24, 2.45) is 5.92 Å². The van der Waals surface area contributed by atoms with Crippen LogP contribution in [0.3, 0.4) is 0 Å². The van der Waals surface area contributed by atoms with E-state index >= 15 is 0 Å². The lowest BCUT2D eigenvalue weighted by Gasteiger charge is -2.28. The number of hydrogen-bond donors (Lipinski definition) is 2. The molecule has 0 spiro atoms. The lowest BCUT2D eigenvalue weighted by Crippen LogP contribution is -2.29. The molecule has 20 heavy (non-hydrogen) atoms. The Balaban J connectivity index is 2.11. The summed E-state index contributed by atoms with van der Waals surface area (Å²) in [6.07, 6.45) is 2.73. The minimum absolute atomic E-state index is 0.118. The van der Waals surface area contributed by atoms with Gasteiger partial charge < -0.3 is 10.4 Å². The number of nitriles is 2. The fraction of sp³-hybridized carbons (Fsp3) is 0.400. The molecule has 5 heteroatoms. The van der Waals surface area contributed by atoms with Gasteiger partial charge in [-0.05, 0) is 37.8 Å². The van der Waals surface area contributed by atoms with Gasteiger partial charge in [0.15, 0.2) is 0 Å². The molecule has 1 saturated carbocycles. The maximum absolute atomic E-state index is 10.9. The van der Waals surface area contributed by atoms with E-state index in [-0.39, 0.29) is 12.0 Å². The second kappa shape index (κ2) is 6.08. The van der Waals surface area contributed by atoms with Gasteiger partial charge in [-0.25, -0.2) is 0 Å². The minimum atomic E-state index is -0.737. The first-order valence-corrected chi connectivity index (χ1v) is 6.58. The third-order valence-corrected chi connectivity index (χ3v) is 3.73. The number of anilines is 1. The average Bonchev–Trinajstić information content (AvgIpc) is 2.48. The van der Waals surface area contributed by atoms with Crippen LogP contribution in [-0.4, -0.2) is 17.1 Å². The molecule has 102 valence electrons. The number of hydrogen-bond acceptors (Lipinski definition) is 4. The van der Waals surface area contributed by atoms with E-state index in [1.807, 2.05) is 0 Å². The van der Waals surface area contributed by atoms with Gasteiger partial charge in [0.2, 0.25) is 0 Å². The van der Waals surface area contributed by atoms with Gasteiger partial charge in [-0.15, -0.1) is 0 Å². The van der Waals surface area contributed by atoms with Gasteiger partial charge in [0.05, 0.1) is 22.7 Å². The van der Waals surface area contributed by atoms with Crippen LogP contribution in [-0.2, 0) is 4.79 Å². The SMILES string of the molecule is N#Cc1cccc(C#N)c1NC1CCC(C(=O)O)CC1. The highest BCUT2D eigenvalue weighted by Gasteiger charge is 2.26. The Morgan fingerprint density at radius 1 is 1.15 bits per heavy atom. The van der Waals surface area contributed by atoms with Crippen LogP contribution in [0.2, 0.25) is 0 Å². The number of aliphatic carboxylic acids is 1. The van der Waals surface area contributed by atoms with E-state index in [0.29, 0.717) is 29.7 Å². The quantitative estimate of drug-likeness (QED) is 0.878. The largest absolute Gasteiger partial charge is 0.481 e. The van der Waals surface area contributed by atoms with Crippen LogP contribution < -0.4 is 5.32 Å². The highest BCUT2D eigenvalue weighted by Crippen LogP contribution is 2.29. The number of nitrogens with zero attached hydrogens (tertiary/aromatic N) is 2. The van der Waals surface area contributed by atoms with E-state index < -0.39 is 5.97 Å². The molecule has 0 saturated heterocycles. The summed E-state index contributed by atoms with van der Waals surface area (Å²) >= 11 is 0. The first-order valence-electron chi connectivity index (χ1n) is 6.58. The lowest BCUT2D eigenvalue weighted by molar-refractivity contribution is -0.142. The molecule has 0 heterocycles. The second-order valence-electron chi connectivity index (χ2n) is 4.98. The van der Waals surface area contributed by atoms with Crippen molar-refractivity contribution in [2.75, 3.05) is 5.32 Å². The molecular weight excluding hydrogens is 254 g/mol. The molecule has 1 aromatic carbocycles. The summed E-state index contributed by atoms with van der Waals surface area (Å²) in [5.74, 6) is -1.01. The summed E-state index contributed by atoms with van der Waals surface area (Å²) in [5, 5.41) is 30.4. The van der Waals surface area contributed by atoms with E-state index in [2.05, 4.69) is 17.5 Å². The van der Waals surface area contributed by atoms with Gasteiger partial charge >= 0.3 is 5.97 Å². The lowest BCUT2D eigenvalue weighted by atomic mass is 9.86. The van der Waals surface area contributed by atoms with Crippen molar-refractivity contribution < 1.29 is 9.90 Å². The molecule has 1 aromatic rings. The molecular formula is C15H15N3O2. The van der Waals surface area contributed by atoms with E-state index in [9.17, 15) is 4.79 Å². The molecule has 0 atom stereocenters. The zero-order valence-corrected chi connectivity index (χ0v) is 11.0. The van der Waals surface area contributed by atoms with Crippen molar-refractivity contribution in [3.63, 3.8) is 0 Å². The zero-order valence-electron chi connectivity index (χ0n) is 11.0. The van der Waals surface area contributed by atoms with Crippen molar-refractivity contribution in [1.29, 1.82) is 10.5 Å². The van der Waals surface area contributed by atoms with Crippen LogP contribution in [0.1, 0.15) is 36.8 Å². The topological polar surface area (TPSA) is 96.9 Å². The second-order valence-corrected chi connectivity index (χ2v) is 4.98. The molecule has 1 fully saturated rings. The summed E-state index contributed by atoms with van der Waals surface area (Å²) in [7, 11) is 0. The molecule has 0 aliphatic heterocycles. The van der Waals surface area contributed by atoms with Gasteiger partial charge in [-0.3, -0.25) is 4.79 Å². The standard InChI is InChI=1S/C15H15N3O2/c16-8-11-2-1-3-12(9-17)14(11)18-13-6-4-10(5-7-13)15(19)20/h1-3,10,13,18H,4-7H2,(H,19,20). The summed E-state index contributed by atoms with van der Waals surface area (Å²) < 4.78 is 0. The Morgan fingerprint density at radius 2 is 1.70 bits per heavy atom. The summed E-state index contributed by atoms with van der Waals surface area (Å²) in [4.78, 5) is 10.9. The third kappa shape index (κ3) is 2.89. The van der Waals surface area contributed by atoms with Crippen molar-refractivity contribution in [2.45, 2.75) is 31.7 Å². The molecule has 2 rings (SSSR count). The van der Waals surface area contributed by atoms with Crippen LogP contribution in [0.4, 0.5) is 5.69 Å². The summed E-state index contributed by atoms with van der Waals surface area (Å²) in [6.45, 7) is 0. The molecule has 2 N–H and O–H groups in total. The fourth-order valence-corrected chi connectivity index (χ4v) is 2.58. The Kier molecular flexibility index (Phi) is 4.22. The molecule has 5 nitrogen and oxygen atoms in total. The Morgan fingerprint density at radius 3 is 2.15 bits per heavy atom. The van der Waals surface area contributed by atoms with Crippen LogP contribution in [0, 0.1) is 28.6 Å². The van der Waals surface area contributed by atoms with Crippen molar-refractivity contribution >= 4 is 11.7 Å². The highest BCUT2D eigenvalue weighted by atomic mass is 16.4. The maximum Gasteiger partial charge on any atom is 0.306 e. The normalized spacial score (nSPS) is 21.5. The number of carbonyl (C=O) groups is 1. The number of benzene rings is 1. The highest BCUT2D eigenvalue weighted by molar-refractivity contribution is 5.70. The zero-order chi connectivity index (χ0) is 14.5. The first kappa shape index (κ1) is 13.9. The first-order chi connectivity index (χ1) is 9.65. The predicted octanol–water partition coefficient (Wildman–Crippen LogP) is 2.49. The van der Waals surface area contributed by atoms with Crippen molar-refractivity contribution in [3.05, 3.63) is 29.3 Å². The van der Waals surface area contributed by atoms with Gasteiger partial charge in [0.25, 0.3) is 0 Å². The number of para-hydroxylation sites is 1. The van der Waals surface area contributed by atoms with Crippen LogP contribution in [0.5, 0.6) is 0 Å². The van der Waals surface area contributed by atoms with Gasteiger partial charge in [0.1, 0.15) is 12.1 Å². The predicted molar refractivity (Wildman–Crippen MR) is 72.9 cm³/mol. The molecule has 0 bridgehead atoms. The fourth-order valence-electron chi connectivity index (χ4n) is 2.58. The Bertz CT molecular complexity index is 558. The minimum Gasteiger partial charge on any atom is -0.481 e. The Hall–Kier alpha value is -2.53. The number of carboxylic acids is 1. The maximum atomic E-state index is 10.9. The van der Waals surface area contributed by atoms with E-state index in [1.165, 1.54) is 0 Å². The van der Waals surface area contributed by atoms with E-state index in [1.54, 1.807) is 18.2 Å². The van der Waals surface area contributed by atoms with Gasteiger partial charge in [-0.1, -0.05) is 6.07 Å². The monoisotopic (exact) mass is 269 g/mol. The van der Waals surface area contributed by atoms with Crippen molar-refractivity contribution in [3.8, 4) is 12.1 Å². The number of carboxylic acid groups (broad SMARTS) is 1. The van der Waals surface area contributed by atoms with Gasteiger partial charge in [0, 0.05) is 6.04 Å². The molecule has 1 aliphatic carbocycles.